The number of hydrogen-bond donors (Lipinski definition) is 1. The first-order valence-corrected chi connectivity index (χ1v) is 6.41. The Morgan fingerprint density at radius 1 is 1.29 bits per heavy atom. The molecular weight excluding hydrogens is 234 g/mol. The quantitative estimate of drug-likeness (QED) is 0.872. The van der Waals surface area contributed by atoms with E-state index < -0.39 is 0 Å². The molecule has 1 atom stereocenters. The smallest absolute Gasteiger partial charge is 0.124 e. The zero-order valence-electron chi connectivity index (χ0n) is 10.7. The maximum atomic E-state index is 6.66. The fourth-order valence-electron chi connectivity index (χ4n) is 2.90. The Hall–Kier alpha value is -0.730. The van der Waals surface area contributed by atoms with E-state index in [2.05, 4.69) is 13.8 Å². The molecule has 1 saturated carbocycles. The van der Waals surface area contributed by atoms with Gasteiger partial charge in [0.05, 0.1) is 7.11 Å². The van der Waals surface area contributed by atoms with E-state index in [0.29, 0.717) is 5.02 Å². The van der Waals surface area contributed by atoms with E-state index in [0.717, 1.165) is 30.6 Å². The molecule has 0 heterocycles. The van der Waals surface area contributed by atoms with E-state index in [-0.39, 0.29) is 11.0 Å². The van der Waals surface area contributed by atoms with Crippen molar-refractivity contribution in [2.45, 2.75) is 38.6 Å². The molecule has 3 heteroatoms. The fraction of sp³-hybridized carbons (Fsp3) is 0.571. The molecule has 0 aliphatic heterocycles. The number of methoxy groups -OCH3 is 1. The summed E-state index contributed by atoms with van der Waals surface area (Å²) in [4.78, 5) is 0. The SMILES string of the molecule is COc1ccc(Cl)cc1C1(N)CCCC1(C)C. The van der Waals surface area contributed by atoms with Crippen molar-refractivity contribution < 1.29 is 4.74 Å². The molecule has 0 saturated heterocycles. The highest BCUT2D eigenvalue weighted by Crippen LogP contribution is 2.52. The molecule has 2 rings (SSSR count). The second-order valence-electron chi connectivity index (χ2n) is 5.55. The van der Waals surface area contributed by atoms with E-state index in [1.165, 1.54) is 0 Å². The lowest BCUT2D eigenvalue weighted by Gasteiger charge is -2.39. The van der Waals surface area contributed by atoms with Crippen LogP contribution in [0.15, 0.2) is 18.2 Å². The number of ether oxygens (including phenoxy) is 1. The van der Waals surface area contributed by atoms with Crippen molar-refractivity contribution in [2.75, 3.05) is 7.11 Å². The second-order valence-corrected chi connectivity index (χ2v) is 5.99. The molecule has 2 nitrogen and oxygen atoms in total. The van der Waals surface area contributed by atoms with Crippen molar-refractivity contribution in [3.8, 4) is 5.75 Å². The molecule has 2 N–H and O–H groups in total. The molecule has 0 bridgehead atoms. The first-order valence-electron chi connectivity index (χ1n) is 6.04. The third-order valence-electron chi connectivity index (χ3n) is 4.22. The molecule has 17 heavy (non-hydrogen) atoms. The number of hydrogen-bond acceptors (Lipinski definition) is 2. The van der Waals surface area contributed by atoms with E-state index in [1.54, 1.807) is 7.11 Å². The first-order chi connectivity index (χ1) is 7.90. The summed E-state index contributed by atoms with van der Waals surface area (Å²) in [6.45, 7) is 4.45. The van der Waals surface area contributed by atoms with Crippen molar-refractivity contribution in [2.24, 2.45) is 11.1 Å². The zero-order chi connectivity index (χ0) is 12.7. The molecule has 0 amide bonds. The third kappa shape index (κ3) is 1.94. The van der Waals surface area contributed by atoms with Gasteiger partial charge in [0.25, 0.3) is 0 Å². The standard InChI is InChI=1S/C14H20ClNO/c1-13(2)7-4-8-14(13,16)11-9-10(15)5-6-12(11)17-3/h5-6,9H,4,7-8,16H2,1-3H3. The van der Waals surface area contributed by atoms with Gasteiger partial charge < -0.3 is 10.5 Å². The Morgan fingerprint density at radius 2 is 2.00 bits per heavy atom. The van der Waals surface area contributed by atoms with Crippen LogP contribution in [0.1, 0.15) is 38.7 Å². The van der Waals surface area contributed by atoms with Crippen LogP contribution in [0.4, 0.5) is 0 Å². The van der Waals surface area contributed by atoms with E-state index in [4.69, 9.17) is 22.1 Å². The number of nitrogens with two attached hydrogens (primary N) is 1. The molecule has 1 aromatic rings. The van der Waals surface area contributed by atoms with Crippen LogP contribution in [0.25, 0.3) is 0 Å². The number of halogens is 1. The van der Waals surface area contributed by atoms with Crippen LogP contribution < -0.4 is 10.5 Å². The Balaban J connectivity index is 2.56. The van der Waals surface area contributed by atoms with E-state index >= 15 is 0 Å². The lowest BCUT2D eigenvalue weighted by atomic mass is 9.71. The summed E-state index contributed by atoms with van der Waals surface area (Å²) >= 11 is 6.10. The molecule has 0 aromatic heterocycles. The van der Waals surface area contributed by atoms with Gasteiger partial charge in [-0.3, -0.25) is 0 Å². The van der Waals surface area contributed by atoms with Crippen LogP contribution in [-0.4, -0.2) is 7.11 Å². The summed E-state index contributed by atoms with van der Waals surface area (Å²) in [6, 6.07) is 5.70. The van der Waals surface area contributed by atoms with Crippen LogP contribution >= 0.6 is 11.6 Å². The summed E-state index contributed by atoms with van der Waals surface area (Å²) in [5.74, 6) is 0.840. The van der Waals surface area contributed by atoms with Gasteiger partial charge in [0.2, 0.25) is 0 Å². The predicted molar refractivity (Wildman–Crippen MR) is 71.5 cm³/mol. The van der Waals surface area contributed by atoms with Gasteiger partial charge in [-0.25, -0.2) is 0 Å². The fourth-order valence-corrected chi connectivity index (χ4v) is 3.07. The largest absolute Gasteiger partial charge is 0.496 e. The molecular formula is C14H20ClNO. The molecule has 0 spiro atoms. The molecule has 94 valence electrons. The third-order valence-corrected chi connectivity index (χ3v) is 4.46. The lowest BCUT2D eigenvalue weighted by Crippen LogP contribution is -2.45. The monoisotopic (exact) mass is 253 g/mol. The van der Waals surface area contributed by atoms with Gasteiger partial charge >= 0.3 is 0 Å². The van der Waals surface area contributed by atoms with Gasteiger partial charge in [-0.2, -0.15) is 0 Å². The Morgan fingerprint density at radius 3 is 2.53 bits per heavy atom. The van der Waals surface area contributed by atoms with Crippen LogP contribution in [0.5, 0.6) is 5.75 Å². The van der Waals surface area contributed by atoms with Crippen molar-refractivity contribution in [1.82, 2.24) is 0 Å². The highest BCUT2D eigenvalue weighted by atomic mass is 35.5. The summed E-state index contributed by atoms with van der Waals surface area (Å²) in [7, 11) is 1.68. The minimum absolute atomic E-state index is 0.0744. The normalized spacial score (nSPS) is 27.1. The highest BCUT2D eigenvalue weighted by molar-refractivity contribution is 6.30. The van der Waals surface area contributed by atoms with Gasteiger partial charge in [-0.05, 0) is 36.5 Å². The summed E-state index contributed by atoms with van der Waals surface area (Å²) < 4.78 is 5.43. The second kappa shape index (κ2) is 4.18. The average Bonchev–Trinajstić information content (AvgIpc) is 2.54. The van der Waals surface area contributed by atoms with Crippen LogP contribution in [0, 0.1) is 5.41 Å². The minimum Gasteiger partial charge on any atom is -0.496 e. The van der Waals surface area contributed by atoms with Gasteiger partial charge in [0.1, 0.15) is 5.75 Å². The van der Waals surface area contributed by atoms with Crippen molar-refractivity contribution >= 4 is 11.6 Å². The Bertz CT molecular complexity index is 430. The van der Waals surface area contributed by atoms with Crippen molar-refractivity contribution in [1.29, 1.82) is 0 Å². The van der Waals surface area contributed by atoms with E-state index in [1.807, 2.05) is 18.2 Å². The maximum absolute atomic E-state index is 6.66. The van der Waals surface area contributed by atoms with Gasteiger partial charge in [0, 0.05) is 16.1 Å². The first kappa shape index (κ1) is 12.7. The summed E-state index contributed by atoms with van der Waals surface area (Å²) in [5.41, 5.74) is 7.43. The Kier molecular flexibility index (Phi) is 3.13. The Labute approximate surface area is 108 Å². The molecule has 1 unspecified atom stereocenters. The lowest BCUT2D eigenvalue weighted by molar-refractivity contribution is 0.204. The number of rotatable bonds is 2. The van der Waals surface area contributed by atoms with Crippen molar-refractivity contribution in [3.63, 3.8) is 0 Å². The van der Waals surface area contributed by atoms with Crippen LogP contribution in [0.3, 0.4) is 0 Å². The van der Waals surface area contributed by atoms with Crippen molar-refractivity contribution in [3.05, 3.63) is 28.8 Å². The minimum atomic E-state index is -0.344. The van der Waals surface area contributed by atoms with Gasteiger partial charge in [-0.1, -0.05) is 31.9 Å². The van der Waals surface area contributed by atoms with Gasteiger partial charge in [-0.15, -0.1) is 0 Å². The summed E-state index contributed by atoms with van der Waals surface area (Å²) in [5, 5.41) is 0.716. The zero-order valence-corrected chi connectivity index (χ0v) is 11.5. The molecule has 1 aliphatic rings. The molecule has 1 aromatic carbocycles. The van der Waals surface area contributed by atoms with E-state index in [9.17, 15) is 0 Å². The maximum Gasteiger partial charge on any atom is 0.124 e. The predicted octanol–water partition coefficient (Wildman–Crippen LogP) is 3.71. The number of benzene rings is 1. The topological polar surface area (TPSA) is 35.2 Å². The average molecular weight is 254 g/mol. The van der Waals surface area contributed by atoms with Crippen LogP contribution in [-0.2, 0) is 5.54 Å². The summed E-state index contributed by atoms with van der Waals surface area (Å²) in [6.07, 6.45) is 3.27. The highest BCUT2D eigenvalue weighted by Gasteiger charge is 2.48. The molecule has 1 fully saturated rings. The molecule has 0 radical (unpaired) electrons. The van der Waals surface area contributed by atoms with Crippen LogP contribution in [0.2, 0.25) is 5.02 Å². The van der Waals surface area contributed by atoms with Gasteiger partial charge in [0.15, 0.2) is 0 Å². The molecule has 1 aliphatic carbocycles.